The molecule has 3 aromatic rings. The van der Waals surface area contributed by atoms with E-state index in [1.54, 1.807) is 11.3 Å². The minimum Gasteiger partial charge on any atom is -0.354 e. The monoisotopic (exact) mass is 565 g/mol. The molecule has 0 radical (unpaired) electrons. The van der Waals surface area contributed by atoms with Crippen molar-refractivity contribution in [1.82, 2.24) is 25.1 Å². The number of piperidine rings is 1. The summed E-state index contributed by atoms with van der Waals surface area (Å²) in [5.74, 6) is 1.45. The van der Waals surface area contributed by atoms with Crippen molar-refractivity contribution in [1.29, 1.82) is 0 Å². The van der Waals surface area contributed by atoms with Crippen LogP contribution in [0.25, 0.3) is 11.0 Å². The molecule has 1 aromatic carbocycles. The molecule has 4 rings (SSSR count). The van der Waals surface area contributed by atoms with Gasteiger partial charge in [0, 0.05) is 36.0 Å². The smallest absolute Gasteiger partial charge is 0.252 e. The first kappa shape index (κ1) is 30.3. The molecule has 1 aliphatic heterocycles. The maximum atomic E-state index is 13.4. The molecule has 2 N–H and O–H groups in total. The van der Waals surface area contributed by atoms with Gasteiger partial charge in [0.1, 0.15) is 11.9 Å². The molecule has 1 aliphatic rings. The van der Waals surface area contributed by atoms with E-state index >= 15 is 0 Å². The largest absolute Gasteiger partial charge is 0.354 e. The Morgan fingerprint density at radius 3 is 2.62 bits per heavy atom. The Kier molecular flexibility index (Phi) is 10.8. The van der Waals surface area contributed by atoms with Crippen molar-refractivity contribution < 1.29 is 9.59 Å². The second kappa shape index (κ2) is 14.3. The van der Waals surface area contributed by atoms with Gasteiger partial charge >= 0.3 is 0 Å². The Morgan fingerprint density at radius 2 is 1.95 bits per heavy atom. The van der Waals surface area contributed by atoms with Gasteiger partial charge in [0.25, 0.3) is 5.91 Å². The normalized spacial score (nSPS) is 17.0. The van der Waals surface area contributed by atoms with Crippen LogP contribution in [-0.4, -0.2) is 58.5 Å². The van der Waals surface area contributed by atoms with E-state index in [2.05, 4.69) is 72.2 Å². The van der Waals surface area contributed by atoms with Crippen LogP contribution in [0.15, 0.2) is 35.7 Å². The van der Waals surface area contributed by atoms with Crippen molar-refractivity contribution in [2.75, 3.05) is 26.2 Å². The summed E-state index contributed by atoms with van der Waals surface area (Å²) in [5, 5.41) is 8.29. The molecule has 1 fully saturated rings. The van der Waals surface area contributed by atoms with Crippen molar-refractivity contribution in [2.24, 2.45) is 11.8 Å². The molecule has 0 bridgehead atoms. The summed E-state index contributed by atoms with van der Waals surface area (Å²) in [6.07, 6.45) is 5.72. The lowest BCUT2D eigenvalue weighted by atomic mass is 9.97. The minimum absolute atomic E-state index is 0.0898. The number of carbonyl (C=O) groups excluding carboxylic acids is 2. The predicted molar refractivity (Wildman–Crippen MR) is 165 cm³/mol. The van der Waals surface area contributed by atoms with E-state index < -0.39 is 6.04 Å². The fourth-order valence-corrected chi connectivity index (χ4v) is 6.66. The molecule has 0 aliphatic carbocycles. The average molecular weight is 566 g/mol. The van der Waals surface area contributed by atoms with E-state index in [1.807, 2.05) is 18.2 Å². The Morgan fingerprint density at radius 1 is 1.15 bits per heavy atom. The summed E-state index contributed by atoms with van der Waals surface area (Å²) in [4.78, 5) is 35.4. The van der Waals surface area contributed by atoms with Crippen molar-refractivity contribution >= 4 is 34.2 Å². The Hall–Kier alpha value is -2.71. The zero-order chi connectivity index (χ0) is 28.6. The summed E-state index contributed by atoms with van der Waals surface area (Å²) < 4.78 is 2.36. The molecular formula is C32H47N5O2S. The Balaban J connectivity index is 1.50. The lowest BCUT2D eigenvalue weighted by Gasteiger charge is -2.32. The van der Waals surface area contributed by atoms with Gasteiger partial charge in [0.2, 0.25) is 5.91 Å². The first-order chi connectivity index (χ1) is 19.3. The maximum Gasteiger partial charge on any atom is 0.252 e. The molecule has 1 saturated heterocycles. The van der Waals surface area contributed by atoms with Crippen LogP contribution in [0, 0.1) is 11.8 Å². The second-order valence-electron chi connectivity index (χ2n) is 11.6. The topological polar surface area (TPSA) is 79.3 Å². The lowest BCUT2D eigenvalue weighted by Crippen LogP contribution is -2.49. The molecule has 2 amide bonds. The first-order valence-corrected chi connectivity index (χ1v) is 16.0. The maximum absolute atomic E-state index is 13.4. The van der Waals surface area contributed by atoms with Crippen LogP contribution in [0.1, 0.15) is 93.8 Å². The number of aromatic nitrogens is 2. The standard InChI is InChI=1S/C32H47N5O2S/c1-6-25(7-2)37-29-14-13-24(18-27(29)34-30(37)19-26-12-10-16-40-26)31(38)35-28(17-22(4)5)32(39)33-20-23-11-9-15-36(8-3)21-23/h10,12-14,16,18,22-23,25,28H,6-9,11,15,17,19-21H2,1-5H3,(H,33,39)(H,35,38)/t23?,28-/m0/s1. The highest BCUT2D eigenvalue weighted by atomic mass is 32.1. The Labute approximate surface area is 243 Å². The van der Waals surface area contributed by atoms with Crippen LogP contribution in [0.2, 0.25) is 0 Å². The SMILES string of the molecule is CCC(CC)n1c(Cc2cccs2)nc2cc(C(=O)N[C@@H](CC(C)C)C(=O)NCC3CCCN(CC)C3)ccc21. The summed E-state index contributed by atoms with van der Waals surface area (Å²) in [6.45, 7) is 14.6. The van der Waals surface area contributed by atoms with Crippen LogP contribution < -0.4 is 10.6 Å². The molecule has 40 heavy (non-hydrogen) atoms. The quantitative estimate of drug-likeness (QED) is 0.265. The summed E-state index contributed by atoms with van der Waals surface area (Å²) in [5.41, 5.74) is 2.42. The molecule has 2 atom stereocenters. The fraction of sp³-hybridized carbons (Fsp3) is 0.594. The van der Waals surface area contributed by atoms with Gasteiger partial charge in [0.05, 0.1) is 11.0 Å². The van der Waals surface area contributed by atoms with Crippen molar-refractivity contribution in [3.05, 3.63) is 52.0 Å². The number of carbonyl (C=O) groups is 2. The number of hydrogen-bond donors (Lipinski definition) is 2. The van der Waals surface area contributed by atoms with E-state index in [1.165, 1.54) is 11.3 Å². The van der Waals surface area contributed by atoms with Crippen LogP contribution in [0.4, 0.5) is 0 Å². The van der Waals surface area contributed by atoms with E-state index in [0.29, 0.717) is 30.5 Å². The van der Waals surface area contributed by atoms with Crippen LogP contribution >= 0.6 is 11.3 Å². The number of amides is 2. The molecule has 0 saturated carbocycles. The molecule has 1 unspecified atom stereocenters. The number of rotatable bonds is 13. The van der Waals surface area contributed by atoms with E-state index in [-0.39, 0.29) is 17.7 Å². The van der Waals surface area contributed by atoms with Crippen molar-refractivity contribution in [3.8, 4) is 0 Å². The van der Waals surface area contributed by atoms with Gasteiger partial charge in [-0.15, -0.1) is 11.3 Å². The van der Waals surface area contributed by atoms with Gasteiger partial charge in [-0.3, -0.25) is 9.59 Å². The number of nitrogens with zero attached hydrogens (tertiary/aromatic N) is 3. The van der Waals surface area contributed by atoms with Crippen LogP contribution in [-0.2, 0) is 11.2 Å². The Bertz CT molecular complexity index is 1250. The minimum atomic E-state index is -0.564. The van der Waals surface area contributed by atoms with Crippen molar-refractivity contribution in [2.45, 2.75) is 85.2 Å². The number of benzene rings is 1. The van der Waals surface area contributed by atoms with Gasteiger partial charge in [-0.1, -0.05) is 40.7 Å². The third-order valence-corrected chi connectivity index (χ3v) is 9.07. The average Bonchev–Trinajstić information content (AvgIpc) is 3.59. The number of nitrogens with one attached hydrogen (secondary N) is 2. The molecule has 2 aromatic heterocycles. The highest BCUT2D eigenvalue weighted by Crippen LogP contribution is 2.28. The fourth-order valence-electron chi connectivity index (χ4n) is 5.96. The summed E-state index contributed by atoms with van der Waals surface area (Å²) in [6, 6.07) is 9.79. The highest BCUT2D eigenvalue weighted by molar-refractivity contribution is 7.09. The van der Waals surface area contributed by atoms with Gasteiger partial charge in [-0.25, -0.2) is 4.98 Å². The highest BCUT2D eigenvalue weighted by Gasteiger charge is 2.26. The summed E-state index contributed by atoms with van der Waals surface area (Å²) in [7, 11) is 0. The van der Waals surface area contributed by atoms with E-state index in [0.717, 1.165) is 62.2 Å². The number of thiophene rings is 1. The number of fused-ring (bicyclic) bond motifs is 1. The van der Waals surface area contributed by atoms with Crippen LogP contribution in [0.3, 0.4) is 0 Å². The first-order valence-electron chi connectivity index (χ1n) is 15.2. The zero-order valence-corrected chi connectivity index (χ0v) is 25.7. The van der Waals surface area contributed by atoms with E-state index in [4.69, 9.17) is 4.98 Å². The molecular weight excluding hydrogens is 518 g/mol. The summed E-state index contributed by atoms with van der Waals surface area (Å²) >= 11 is 1.74. The third kappa shape index (κ3) is 7.52. The number of hydrogen-bond acceptors (Lipinski definition) is 5. The predicted octanol–water partition coefficient (Wildman–Crippen LogP) is 6.04. The van der Waals surface area contributed by atoms with Gasteiger partial charge in [0.15, 0.2) is 0 Å². The third-order valence-electron chi connectivity index (χ3n) is 8.19. The zero-order valence-electron chi connectivity index (χ0n) is 24.9. The molecule has 218 valence electrons. The van der Waals surface area contributed by atoms with E-state index in [9.17, 15) is 9.59 Å². The number of imidazole rings is 1. The van der Waals surface area contributed by atoms with Gasteiger partial charge in [-0.05, 0) is 86.7 Å². The number of likely N-dealkylation sites (tertiary alicyclic amines) is 1. The molecule has 3 heterocycles. The molecule has 0 spiro atoms. The van der Waals surface area contributed by atoms with Gasteiger partial charge < -0.3 is 20.1 Å². The lowest BCUT2D eigenvalue weighted by molar-refractivity contribution is -0.123. The molecule has 8 heteroatoms. The van der Waals surface area contributed by atoms with Crippen LogP contribution in [0.5, 0.6) is 0 Å². The van der Waals surface area contributed by atoms with Crippen molar-refractivity contribution in [3.63, 3.8) is 0 Å². The second-order valence-corrected chi connectivity index (χ2v) is 12.7. The molecule has 7 nitrogen and oxygen atoms in total. The van der Waals surface area contributed by atoms with Gasteiger partial charge in [-0.2, -0.15) is 0 Å².